The van der Waals surface area contributed by atoms with Gasteiger partial charge in [0.05, 0.1) is 34.3 Å². The molecule has 3 rings (SSSR count). The summed E-state index contributed by atoms with van der Waals surface area (Å²) in [6.07, 6.45) is 0. The van der Waals surface area contributed by atoms with Gasteiger partial charge in [-0.1, -0.05) is 6.07 Å². The van der Waals surface area contributed by atoms with Crippen LogP contribution in [0.3, 0.4) is 0 Å². The molecule has 8 nitrogen and oxygen atoms in total. The summed E-state index contributed by atoms with van der Waals surface area (Å²) in [4.78, 5) is 34.4. The van der Waals surface area contributed by atoms with Crippen LogP contribution < -0.4 is 4.74 Å². The first-order chi connectivity index (χ1) is 14.1. The predicted molar refractivity (Wildman–Crippen MR) is 113 cm³/mol. The third-order valence-electron chi connectivity index (χ3n) is 4.97. The minimum atomic E-state index is -0.804. The summed E-state index contributed by atoms with van der Waals surface area (Å²) in [5.74, 6) is -1.42. The zero-order chi connectivity index (χ0) is 22.2. The molecule has 30 heavy (non-hydrogen) atoms. The van der Waals surface area contributed by atoms with Gasteiger partial charge in [0.15, 0.2) is 17.3 Å². The van der Waals surface area contributed by atoms with Gasteiger partial charge in [0.2, 0.25) is 5.78 Å². The van der Waals surface area contributed by atoms with Gasteiger partial charge >= 0.3 is 0 Å². The minimum absolute atomic E-state index is 0.0123. The number of phenolic OH excluding ortho intramolecular Hbond substituents is 1. The summed E-state index contributed by atoms with van der Waals surface area (Å²) in [5.41, 5.74) is 1.13. The Hall–Kier alpha value is -2.91. The fraction of sp³-hybridized carbons (Fsp3) is 0.381. The number of aromatic nitrogens is 1. The molecule has 1 aliphatic rings. The highest BCUT2D eigenvalue weighted by molar-refractivity contribution is 7.14. The van der Waals surface area contributed by atoms with Crippen molar-refractivity contribution in [2.24, 2.45) is 0 Å². The first-order valence-corrected chi connectivity index (χ1v) is 10.2. The summed E-state index contributed by atoms with van der Waals surface area (Å²) < 4.78 is 5.20. The summed E-state index contributed by atoms with van der Waals surface area (Å²) in [6.45, 7) is 4.38. The third kappa shape index (κ3) is 3.90. The van der Waals surface area contributed by atoms with E-state index in [1.165, 1.54) is 29.4 Å². The van der Waals surface area contributed by atoms with Crippen LogP contribution in [0, 0.1) is 13.8 Å². The van der Waals surface area contributed by atoms with Crippen molar-refractivity contribution in [1.82, 2.24) is 14.8 Å². The molecule has 1 amide bonds. The molecule has 1 atom stereocenters. The average molecular weight is 432 g/mol. The molecule has 0 fully saturated rings. The maximum atomic E-state index is 13.4. The normalized spacial score (nSPS) is 16.7. The van der Waals surface area contributed by atoms with Crippen LogP contribution in [0.2, 0.25) is 0 Å². The number of carbonyl (C=O) groups excluding carboxylic acids is 2. The summed E-state index contributed by atoms with van der Waals surface area (Å²) >= 11 is 1.23. The molecule has 160 valence electrons. The molecule has 1 aromatic heterocycles. The van der Waals surface area contributed by atoms with Crippen LogP contribution in [0.5, 0.6) is 11.5 Å². The van der Waals surface area contributed by atoms with Crippen LogP contribution in [-0.2, 0) is 4.79 Å². The van der Waals surface area contributed by atoms with Gasteiger partial charge in [-0.2, -0.15) is 0 Å². The predicted octanol–water partition coefficient (Wildman–Crippen LogP) is 2.61. The molecule has 0 saturated carbocycles. The highest BCUT2D eigenvalue weighted by Crippen LogP contribution is 2.42. The number of ether oxygens (including phenoxy) is 1. The highest BCUT2D eigenvalue weighted by atomic mass is 32.1. The number of rotatable bonds is 7. The van der Waals surface area contributed by atoms with Gasteiger partial charge in [-0.3, -0.25) is 9.59 Å². The number of phenols is 1. The maximum absolute atomic E-state index is 13.4. The summed E-state index contributed by atoms with van der Waals surface area (Å²) in [7, 11) is 5.18. The lowest BCUT2D eigenvalue weighted by molar-refractivity contribution is -0.129. The molecule has 0 radical (unpaired) electrons. The number of ketones is 1. The Morgan fingerprint density at radius 2 is 2.00 bits per heavy atom. The lowest BCUT2D eigenvalue weighted by Crippen LogP contribution is -2.36. The number of aryl methyl sites for hydroxylation is 2. The van der Waals surface area contributed by atoms with Crippen LogP contribution >= 0.6 is 11.3 Å². The molecule has 0 spiro atoms. The summed E-state index contributed by atoms with van der Waals surface area (Å²) in [6, 6.07) is 3.84. The minimum Gasteiger partial charge on any atom is -0.504 e. The Balaban J connectivity index is 2.13. The second-order valence-electron chi connectivity index (χ2n) is 7.37. The smallest absolute Gasteiger partial charge is 0.290 e. The number of methoxy groups -OCH3 is 1. The molecular formula is C21H25N3O5S. The van der Waals surface area contributed by atoms with Crippen LogP contribution in [0.25, 0.3) is 0 Å². The van der Waals surface area contributed by atoms with Crippen molar-refractivity contribution in [3.05, 3.63) is 50.7 Å². The van der Waals surface area contributed by atoms with Gasteiger partial charge in [0.25, 0.3) is 5.91 Å². The van der Waals surface area contributed by atoms with E-state index in [-0.39, 0.29) is 17.1 Å². The Bertz CT molecular complexity index is 1030. The average Bonchev–Trinajstić information content (AvgIpc) is 3.16. The van der Waals surface area contributed by atoms with E-state index in [0.29, 0.717) is 29.2 Å². The van der Waals surface area contributed by atoms with E-state index in [1.54, 1.807) is 26.0 Å². The van der Waals surface area contributed by atoms with E-state index >= 15 is 0 Å². The fourth-order valence-electron chi connectivity index (χ4n) is 3.50. The van der Waals surface area contributed by atoms with Gasteiger partial charge in [-0.05, 0) is 45.6 Å². The second kappa shape index (κ2) is 8.45. The van der Waals surface area contributed by atoms with Crippen molar-refractivity contribution >= 4 is 23.0 Å². The SMILES string of the molecule is COc1cc(C2C(C(=O)c3sc(C)nc3C)=C(O)C(=O)N2CCN(C)C)ccc1O. The molecular weight excluding hydrogens is 406 g/mol. The lowest BCUT2D eigenvalue weighted by Gasteiger charge is -2.28. The molecule has 1 aromatic carbocycles. The van der Waals surface area contributed by atoms with E-state index in [9.17, 15) is 19.8 Å². The number of carbonyl (C=O) groups is 2. The van der Waals surface area contributed by atoms with E-state index in [4.69, 9.17) is 4.74 Å². The fourth-order valence-corrected chi connectivity index (χ4v) is 4.37. The monoisotopic (exact) mass is 431 g/mol. The van der Waals surface area contributed by atoms with Crippen molar-refractivity contribution in [2.75, 3.05) is 34.3 Å². The van der Waals surface area contributed by atoms with Gasteiger partial charge in [-0.25, -0.2) is 4.98 Å². The molecule has 2 N–H and O–H groups in total. The number of Topliss-reactive ketones (excluding diaryl/α,β-unsaturated/α-hetero) is 1. The van der Waals surface area contributed by atoms with Gasteiger partial charge in [-0.15, -0.1) is 11.3 Å². The number of aliphatic hydroxyl groups is 1. The number of likely N-dealkylation sites (N-methyl/N-ethyl adjacent to an activating group) is 1. The van der Waals surface area contributed by atoms with Crippen LogP contribution in [0.1, 0.15) is 32.0 Å². The Kier molecular flexibility index (Phi) is 6.14. The molecule has 0 aliphatic carbocycles. The first-order valence-electron chi connectivity index (χ1n) is 9.40. The van der Waals surface area contributed by atoms with Gasteiger partial charge in [0.1, 0.15) is 0 Å². The van der Waals surface area contributed by atoms with Crippen LogP contribution in [-0.4, -0.2) is 71.0 Å². The van der Waals surface area contributed by atoms with Gasteiger partial charge in [0, 0.05) is 13.1 Å². The Morgan fingerprint density at radius 1 is 1.30 bits per heavy atom. The quantitative estimate of drug-likeness (QED) is 0.650. The topological polar surface area (TPSA) is 103 Å². The number of thiazole rings is 1. The second-order valence-corrected chi connectivity index (χ2v) is 8.58. The number of benzene rings is 1. The first kappa shape index (κ1) is 21.8. The molecule has 0 bridgehead atoms. The molecule has 9 heteroatoms. The van der Waals surface area contributed by atoms with E-state index < -0.39 is 23.5 Å². The molecule has 2 aromatic rings. The standard InChI is InChI=1S/C21H25N3O5S/c1-11-20(30-12(2)22-11)18(26)16-17(13-6-7-14(25)15(10-13)29-5)24(9-8-23(3)4)21(28)19(16)27/h6-7,10,17,25,27H,8-9H2,1-5H3. The third-order valence-corrected chi connectivity index (χ3v) is 6.04. The Morgan fingerprint density at radius 3 is 2.57 bits per heavy atom. The maximum Gasteiger partial charge on any atom is 0.290 e. The number of amides is 1. The van der Waals surface area contributed by atoms with E-state index in [0.717, 1.165) is 5.01 Å². The number of aromatic hydroxyl groups is 1. The van der Waals surface area contributed by atoms with Gasteiger partial charge < -0.3 is 24.7 Å². The Labute approximate surface area is 179 Å². The van der Waals surface area contributed by atoms with Crippen LogP contribution in [0.15, 0.2) is 29.5 Å². The summed E-state index contributed by atoms with van der Waals surface area (Å²) in [5, 5.41) is 21.4. The van der Waals surface area contributed by atoms with Crippen molar-refractivity contribution in [3.8, 4) is 11.5 Å². The van der Waals surface area contributed by atoms with E-state index in [2.05, 4.69) is 4.98 Å². The van der Waals surface area contributed by atoms with Crippen molar-refractivity contribution in [2.45, 2.75) is 19.9 Å². The van der Waals surface area contributed by atoms with Crippen molar-refractivity contribution in [3.63, 3.8) is 0 Å². The van der Waals surface area contributed by atoms with Crippen molar-refractivity contribution < 1.29 is 24.5 Å². The number of hydrogen-bond donors (Lipinski definition) is 2. The molecule has 1 unspecified atom stereocenters. The zero-order valence-electron chi connectivity index (χ0n) is 17.6. The van der Waals surface area contributed by atoms with Crippen molar-refractivity contribution in [1.29, 1.82) is 0 Å². The highest BCUT2D eigenvalue weighted by Gasteiger charge is 2.44. The number of hydrogen-bond acceptors (Lipinski definition) is 8. The molecule has 1 aliphatic heterocycles. The van der Waals surface area contributed by atoms with Crippen LogP contribution in [0.4, 0.5) is 0 Å². The largest absolute Gasteiger partial charge is 0.504 e. The molecule has 2 heterocycles. The number of nitrogens with zero attached hydrogens (tertiary/aromatic N) is 3. The molecule has 0 saturated heterocycles. The number of aliphatic hydroxyl groups excluding tert-OH is 1. The zero-order valence-corrected chi connectivity index (χ0v) is 18.4. The van der Waals surface area contributed by atoms with E-state index in [1.807, 2.05) is 19.0 Å². The lowest BCUT2D eigenvalue weighted by atomic mass is 9.94.